The van der Waals surface area contributed by atoms with Crippen LogP contribution in [0.25, 0.3) is 0 Å². The number of hydrogen-bond acceptors (Lipinski definition) is 4. The number of ether oxygens (including phenoxy) is 1. The third kappa shape index (κ3) is 30.7. The van der Waals surface area contributed by atoms with Gasteiger partial charge in [0.25, 0.3) is 0 Å². The fourth-order valence-electron chi connectivity index (χ4n) is 5.99. The molecule has 5 nitrogen and oxygen atoms in total. The van der Waals surface area contributed by atoms with Crippen LogP contribution in [-0.4, -0.2) is 49.6 Å². The maximum absolute atomic E-state index is 12.7. The molecule has 256 valence electrons. The summed E-state index contributed by atoms with van der Waals surface area (Å²) in [5, 5.41) is 2.74. The van der Waals surface area contributed by atoms with Gasteiger partial charge in [-0.3, -0.25) is 9.59 Å². The van der Waals surface area contributed by atoms with Crippen molar-refractivity contribution in [2.24, 2.45) is 0 Å². The van der Waals surface area contributed by atoms with Crippen LogP contribution in [0.15, 0.2) is 0 Å². The van der Waals surface area contributed by atoms with E-state index >= 15 is 0 Å². The van der Waals surface area contributed by atoms with Crippen LogP contribution in [-0.2, 0) is 14.3 Å². The minimum Gasteiger partial charge on any atom is -0.462 e. The van der Waals surface area contributed by atoms with Crippen LogP contribution in [0.5, 0.6) is 0 Å². The quantitative estimate of drug-likeness (QED) is 0.0583. The Morgan fingerprint density at radius 2 is 0.907 bits per heavy atom. The first-order valence-corrected chi connectivity index (χ1v) is 19.2. The van der Waals surface area contributed by atoms with E-state index in [1.54, 1.807) is 7.05 Å². The van der Waals surface area contributed by atoms with Crippen LogP contribution >= 0.6 is 0 Å². The number of unbranched alkanes of at least 4 members (excludes halogenated alkanes) is 19. The van der Waals surface area contributed by atoms with Gasteiger partial charge in [-0.15, -0.1) is 0 Å². The average molecular weight is 609 g/mol. The molecule has 0 aromatic heterocycles. The number of carbonyl (C=O) groups is 2. The van der Waals surface area contributed by atoms with Gasteiger partial charge in [0.2, 0.25) is 5.91 Å². The molecule has 0 aromatic rings. The van der Waals surface area contributed by atoms with E-state index in [0.29, 0.717) is 12.8 Å². The van der Waals surface area contributed by atoms with Crippen LogP contribution in [0.3, 0.4) is 0 Å². The lowest BCUT2D eigenvalue weighted by Gasteiger charge is -2.22. The van der Waals surface area contributed by atoms with Gasteiger partial charge in [0.15, 0.2) is 0 Å². The Labute approximate surface area is 269 Å². The van der Waals surface area contributed by atoms with E-state index < -0.39 is 0 Å². The molecule has 43 heavy (non-hydrogen) atoms. The van der Waals surface area contributed by atoms with E-state index in [-0.39, 0.29) is 18.0 Å². The molecule has 0 bridgehead atoms. The van der Waals surface area contributed by atoms with E-state index in [9.17, 15) is 9.59 Å². The van der Waals surface area contributed by atoms with Crippen molar-refractivity contribution in [2.45, 2.75) is 207 Å². The molecule has 0 unspecified atom stereocenters. The molecule has 0 spiro atoms. The van der Waals surface area contributed by atoms with E-state index in [4.69, 9.17) is 4.74 Å². The number of hydrogen-bond donors (Lipinski definition) is 1. The molecule has 0 aliphatic carbocycles. The summed E-state index contributed by atoms with van der Waals surface area (Å²) >= 11 is 0. The Kier molecular flexibility index (Phi) is 32.9. The Bertz CT molecular complexity index is 582. The van der Waals surface area contributed by atoms with Gasteiger partial charge in [0.05, 0.1) is 0 Å². The number of esters is 1. The highest BCUT2D eigenvalue weighted by Crippen LogP contribution is 2.18. The van der Waals surface area contributed by atoms with E-state index in [0.717, 1.165) is 51.7 Å². The van der Waals surface area contributed by atoms with Gasteiger partial charge < -0.3 is 15.0 Å². The first kappa shape index (κ1) is 41.9. The zero-order valence-corrected chi connectivity index (χ0v) is 29.7. The zero-order valence-electron chi connectivity index (χ0n) is 29.7. The van der Waals surface area contributed by atoms with Gasteiger partial charge in [-0.1, -0.05) is 136 Å². The molecule has 0 aliphatic rings. The van der Waals surface area contributed by atoms with Crippen LogP contribution in [0.2, 0.25) is 0 Å². The predicted octanol–water partition coefficient (Wildman–Crippen LogP) is 10.9. The second kappa shape index (κ2) is 33.8. The van der Waals surface area contributed by atoms with E-state index in [1.807, 2.05) is 0 Å². The molecule has 0 heterocycles. The van der Waals surface area contributed by atoms with Crippen molar-refractivity contribution < 1.29 is 14.3 Å². The first-order chi connectivity index (χ1) is 21.1. The largest absolute Gasteiger partial charge is 0.462 e. The predicted molar refractivity (Wildman–Crippen MR) is 187 cm³/mol. The lowest BCUT2D eigenvalue weighted by atomic mass is 10.0. The van der Waals surface area contributed by atoms with Gasteiger partial charge in [-0.25, -0.2) is 0 Å². The topological polar surface area (TPSA) is 58.6 Å². The molecular formula is C38H76N2O3. The standard InChI is InChI=1S/C38H76N2O3/c1-5-8-11-14-18-23-29-36(30-24-19-15-12-9-6-2)43-38(42)32-25-20-17-22-27-34-40(35-28-31-37(41)39-4)33-26-21-16-13-10-7-3/h36H,5-35H2,1-4H3,(H,39,41). The minimum atomic E-state index is 0.0307. The molecule has 0 fully saturated rings. The van der Waals surface area contributed by atoms with Gasteiger partial charge >= 0.3 is 5.97 Å². The molecule has 5 heteroatoms. The van der Waals surface area contributed by atoms with Crippen LogP contribution < -0.4 is 5.32 Å². The summed E-state index contributed by atoms with van der Waals surface area (Å²) in [7, 11) is 1.72. The zero-order chi connectivity index (χ0) is 31.6. The summed E-state index contributed by atoms with van der Waals surface area (Å²) in [6.07, 6.45) is 33.5. The summed E-state index contributed by atoms with van der Waals surface area (Å²) in [6, 6.07) is 0. The number of amides is 1. The highest BCUT2D eigenvalue weighted by atomic mass is 16.5. The first-order valence-electron chi connectivity index (χ1n) is 19.2. The molecule has 1 N–H and O–H groups in total. The Morgan fingerprint density at radius 3 is 1.37 bits per heavy atom. The van der Waals surface area contributed by atoms with Crippen molar-refractivity contribution in [3.63, 3.8) is 0 Å². The fourth-order valence-corrected chi connectivity index (χ4v) is 5.99. The van der Waals surface area contributed by atoms with Crippen molar-refractivity contribution in [1.29, 1.82) is 0 Å². The number of nitrogens with zero attached hydrogens (tertiary/aromatic N) is 1. The molecule has 0 aromatic carbocycles. The molecule has 1 amide bonds. The molecule has 0 aliphatic heterocycles. The van der Waals surface area contributed by atoms with Gasteiger partial charge in [-0.2, -0.15) is 0 Å². The summed E-state index contributed by atoms with van der Waals surface area (Å²) in [5.41, 5.74) is 0. The Balaban J connectivity index is 4.24. The minimum absolute atomic E-state index is 0.0307. The number of nitrogens with one attached hydrogen (secondary N) is 1. The van der Waals surface area contributed by atoms with Gasteiger partial charge in [0.1, 0.15) is 6.10 Å². The fraction of sp³-hybridized carbons (Fsp3) is 0.947. The Morgan fingerprint density at radius 1 is 0.512 bits per heavy atom. The van der Waals surface area contributed by atoms with E-state index in [1.165, 1.54) is 135 Å². The molecule has 0 radical (unpaired) electrons. The van der Waals surface area contributed by atoms with Crippen LogP contribution in [0.1, 0.15) is 201 Å². The summed E-state index contributed by atoms with van der Waals surface area (Å²) in [6.45, 7) is 10.1. The summed E-state index contributed by atoms with van der Waals surface area (Å²) in [5.74, 6) is 0.178. The maximum atomic E-state index is 12.7. The van der Waals surface area contributed by atoms with Crippen molar-refractivity contribution in [1.82, 2.24) is 10.2 Å². The molecule has 0 saturated heterocycles. The molecule has 0 saturated carbocycles. The van der Waals surface area contributed by atoms with Gasteiger partial charge in [-0.05, 0) is 71.0 Å². The van der Waals surface area contributed by atoms with Gasteiger partial charge in [0, 0.05) is 19.9 Å². The van der Waals surface area contributed by atoms with Crippen molar-refractivity contribution in [2.75, 3.05) is 26.7 Å². The molecular weight excluding hydrogens is 532 g/mol. The number of rotatable bonds is 34. The van der Waals surface area contributed by atoms with Crippen LogP contribution in [0.4, 0.5) is 0 Å². The number of carbonyl (C=O) groups excluding carboxylic acids is 2. The highest BCUT2D eigenvalue weighted by Gasteiger charge is 2.14. The smallest absolute Gasteiger partial charge is 0.306 e. The second-order valence-electron chi connectivity index (χ2n) is 13.1. The van der Waals surface area contributed by atoms with Crippen molar-refractivity contribution in [3.05, 3.63) is 0 Å². The van der Waals surface area contributed by atoms with Crippen molar-refractivity contribution >= 4 is 11.9 Å². The maximum Gasteiger partial charge on any atom is 0.306 e. The average Bonchev–Trinajstić information content (AvgIpc) is 3.01. The van der Waals surface area contributed by atoms with E-state index in [2.05, 4.69) is 31.0 Å². The SMILES string of the molecule is CCCCCCCCC(CCCCCCCC)OC(=O)CCCCCCCN(CCCCCCCC)CCCC(=O)NC. The summed E-state index contributed by atoms with van der Waals surface area (Å²) in [4.78, 5) is 26.9. The molecule has 0 atom stereocenters. The second-order valence-corrected chi connectivity index (χ2v) is 13.1. The van der Waals surface area contributed by atoms with Crippen LogP contribution in [0, 0.1) is 0 Å². The lowest BCUT2D eigenvalue weighted by Crippen LogP contribution is -2.28. The third-order valence-corrected chi connectivity index (χ3v) is 8.90. The highest BCUT2D eigenvalue weighted by molar-refractivity contribution is 5.75. The normalized spacial score (nSPS) is 11.5. The summed E-state index contributed by atoms with van der Waals surface area (Å²) < 4.78 is 6.02. The third-order valence-electron chi connectivity index (χ3n) is 8.90. The lowest BCUT2D eigenvalue weighted by molar-refractivity contribution is -0.150. The molecule has 0 rings (SSSR count). The monoisotopic (exact) mass is 609 g/mol. The Hall–Kier alpha value is -1.10. The van der Waals surface area contributed by atoms with Crippen molar-refractivity contribution in [3.8, 4) is 0 Å².